The van der Waals surface area contributed by atoms with Crippen molar-refractivity contribution < 1.29 is 14.2 Å². The van der Waals surface area contributed by atoms with Crippen molar-refractivity contribution in [1.82, 2.24) is 9.97 Å². The Morgan fingerprint density at radius 3 is 2.05 bits per heavy atom. The maximum absolute atomic E-state index is 5.31. The molecule has 7 nitrogen and oxygen atoms in total. The summed E-state index contributed by atoms with van der Waals surface area (Å²) in [6, 6.07) is 3.60. The van der Waals surface area contributed by atoms with Crippen LogP contribution in [0.1, 0.15) is 0 Å². The van der Waals surface area contributed by atoms with E-state index in [4.69, 9.17) is 14.2 Å². The molecule has 2 N–H and O–H groups in total. The van der Waals surface area contributed by atoms with Gasteiger partial charge in [-0.15, -0.1) is 0 Å². The predicted molar refractivity (Wildman–Crippen MR) is 81.0 cm³/mol. The smallest absolute Gasteiger partial charge is 0.203 e. The molecule has 1 aromatic carbocycles. The molecular formula is C14H18N4O3. The molecular weight excluding hydrogens is 272 g/mol. The molecule has 0 spiro atoms. The summed E-state index contributed by atoms with van der Waals surface area (Å²) >= 11 is 0. The van der Waals surface area contributed by atoms with E-state index < -0.39 is 0 Å². The van der Waals surface area contributed by atoms with Crippen molar-refractivity contribution >= 4 is 17.3 Å². The summed E-state index contributed by atoms with van der Waals surface area (Å²) in [5.41, 5.74) is 0.757. The minimum absolute atomic E-state index is 0.542. The molecule has 1 heterocycles. The number of nitrogens with one attached hydrogen (secondary N) is 2. The minimum Gasteiger partial charge on any atom is -0.493 e. The summed E-state index contributed by atoms with van der Waals surface area (Å²) in [6.45, 7) is 0. The Balaban J connectivity index is 2.35. The number of anilines is 3. The van der Waals surface area contributed by atoms with Gasteiger partial charge in [0.25, 0.3) is 0 Å². The van der Waals surface area contributed by atoms with E-state index in [9.17, 15) is 0 Å². The van der Waals surface area contributed by atoms with Gasteiger partial charge in [-0.1, -0.05) is 0 Å². The van der Waals surface area contributed by atoms with E-state index >= 15 is 0 Å². The van der Waals surface area contributed by atoms with Gasteiger partial charge in [-0.05, 0) is 0 Å². The third-order valence-electron chi connectivity index (χ3n) is 2.83. The molecule has 0 saturated heterocycles. The average molecular weight is 290 g/mol. The standard InChI is InChI=1S/C14H18N4O3/c1-15-12-7-16-8-13(18-12)17-9-5-10(19-2)14(21-4)11(6-9)20-3/h5-8H,1-4H3,(H2,15,17,18). The highest BCUT2D eigenvalue weighted by atomic mass is 16.5. The molecule has 0 amide bonds. The van der Waals surface area contributed by atoms with Crippen LogP contribution >= 0.6 is 0 Å². The van der Waals surface area contributed by atoms with Gasteiger partial charge >= 0.3 is 0 Å². The number of nitrogens with zero attached hydrogens (tertiary/aromatic N) is 2. The summed E-state index contributed by atoms with van der Waals surface area (Å²) < 4.78 is 15.9. The first-order valence-electron chi connectivity index (χ1n) is 6.28. The van der Waals surface area contributed by atoms with Crippen molar-refractivity contribution in [2.24, 2.45) is 0 Å². The van der Waals surface area contributed by atoms with Crippen LogP contribution in [0.15, 0.2) is 24.5 Å². The van der Waals surface area contributed by atoms with Gasteiger partial charge in [0, 0.05) is 24.9 Å². The van der Waals surface area contributed by atoms with E-state index in [0.717, 1.165) is 5.69 Å². The molecule has 2 aromatic rings. The van der Waals surface area contributed by atoms with Crippen LogP contribution in [-0.2, 0) is 0 Å². The Labute approximate surface area is 123 Å². The van der Waals surface area contributed by atoms with Crippen LogP contribution in [0.5, 0.6) is 17.2 Å². The van der Waals surface area contributed by atoms with E-state index in [0.29, 0.717) is 28.9 Å². The zero-order valence-corrected chi connectivity index (χ0v) is 12.4. The lowest BCUT2D eigenvalue weighted by molar-refractivity contribution is 0.324. The number of rotatable bonds is 6. The van der Waals surface area contributed by atoms with Gasteiger partial charge in [0.05, 0.1) is 33.7 Å². The first kappa shape index (κ1) is 14.7. The second-order valence-corrected chi connectivity index (χ2v) is 4.08. The zero-order valence-electron chi connectivity index (χ0n) is 12.4. The van der Waals surface area contributed by atoms with Crippen molar-refractivity contribution in [2.75, 3.05) is 39.0 Å². The lowest BCUT2D eigenvalue weighted by Gasteiger charge is -2.15. The first-order chi connectivity index (χ1) is 10.2. The Bertz CT molecular complexity index is 594. The topological polar surface area (TPSA) is 77.5 Å². The quantitative estimate of drug-likeness (QED) is 0.845. The first-order valence-corrected chi connectivity index (χ1v) is 6.28. The van der Waals surface area contributed by atoms with Crippen LogP contribution < -0.4 is 24.8 Å². The number of hydrogen-bond donors (Lipinski definition) is 2. The van der Waals surface area contributed by atoms with Crippen molar-refractivity contribution in [3.05, 3.63) is 24.5 Å². The predicted octanol–water partition coefficient (Wildman–Crippen LogP) is 2.29. The molecule has 0 bridgehead atoms. The maximum atomic E-state index is 5.31. The molecule has 112 valence electrons. The number of aromatic nitrogens is 2. The van der Waals surface area contributed by atoms with Gasteiger partial charge in [-0.3, -0.25) is 4.98 Å². The molecule has 0 unspecified atom stereocenters. The van der Waals surface area contributed by atoms with E-state index in [-0.39, 0.29) is 0 Å². The summed E-state index contributed by atoms with van der Waals surface area (Å²) in [6.07, 6.45) is 3.27. The van der Waals surface area contributed by atoms with Crippen molar-refractivity contribution in [1.29, 1.82) is 0 Å². The number of hydrogen-bond acceptors (Lipinski definition) is 7. The Kier molecular flexibility index (Phi) is 4.65. The molecule has 1 aromatic heterocycles. The maximum Gasteiger partial charge on any atom is 0.203 e. The molecule has 0 aliphatic heterocycles. The van der Waals surface area contributed by atoms with Gasteiger partial charge in [0.15, 0.2) is 17.3 Å². The average Bonchev–Trinajstić information content (AvgIpc) is 2.53. The molecule has 7 heteroatoms. The fourth-order valence-electron chi connectivity index (χ4n) is 1.85. The summed E-state index contributed by atoms with van der Waals surface area (Å²) in [4.78, 5) is 8.44. The van der Waals surface area contributed by atoms with Crippen LogP contribution in [0.25, 0.3) is 0 Å². The monoisotopic (exact) mass is 290 g/mol. The third-order valence-corrected chi connectivity index (χ3v) is 2.83. The SMILES string of the molecule is CNc1cncc(Nc2cc(OC)c(OC)c(OC)c2)n1. The molecule has 0 atom stereocenters. The van der Waals surface area contributed by atoms with E-state index in [1.165, 1.54) is 0 Å². The van der Waals surface area contributed by atoms with E-state index in [1.54, 1.807) is 52.9 Å². The molecule has 0 fully saturated rings. The van der Waals surface area contributed by atoms with Crippen LogP contribution in [0.2, 0.25) is 0 Å². The summed E-state index contributed by atoms with van der Waals surface area (Å²) in [5.74, 6) is 2.96. The number of methoxy groups -OCH3 is 3. The normalized spacial score (nSPS) is 9.90. The van der Waals surface area contributed by atoms with Crippen molar-refractivity contribution in [3.8, 4) is 17.2 Å². The molecule has 2 rings (SSSR count). The molecule has 0 saturated carbocycles. The minimum atomic E-state index is 0.542. The van der Waals surface area contributed by atoms with Crippen LogP contribution in [0.4, 0.5) is 17.3 Å². The highest BCUT2D eigenvalue weighted by Crippen LogP contribution is 2.40. The van der Waals surface area contributed by atoms with Crippen LogP contribution in [0, 0.1) is 0 Å². The fraction of sp³-hybridized carbons (Fsp3) is 0.286. The Morgan fingerprint density at radius 1 is 0.905 bits per heavy atom. The second-order valence-electron chi connectivity index (χ2n) is 4.08. The lowest BCUT2D eigenvalue weighted by atomic mass is 10.2. The summed E-state index contributed by atoms with van der Waals surface area (Å²) in [7, 11) is 6.49. The van der Waals surface area contributed by atoms with Crippen molar-refractivity contribution in [2.45, 2.75) is 0 Å². The van der Waals surface area contributed by atoms with Gasteiger partial charge in [0.1, 0.15) is 5.82 Å². The highest BCUT2D eigenvalue weighted by Gasteiger charge is 2.13. The van der Waals surface area contributed by atoms with Crippen LogP contribution in [0.3, 0.4) is 0 Å². The van der Waals surface area contributed by atoms with Gasteiger partial charge in [0.2, 0.25) is 5.75 Å². The molecule has 21 heavy (non-hydrogen) atoms. The number of ether oxygens (including phenoxy) is 3. The zero-order chi connectivity index (χ0) is 15.2. The van der Waals surface area contributed by atoms with Gasteiger partial charge in [-0.25, -0.2) is 4.98 Å². The third kappa shape index (κ3) is 3.25. The van der Waals surface area contributed by atoms with Crippen LogP contribution in [-0.4, -0.2) is 38.3 Å². The van der Waals surface area contributed by atoms with Gasteiger partial charge in [-0.2, -0.15) is 0 Å². The van der Waals surface area contributed by atoms with E-state index in [2.05, 4.69) is 20.6 Å². The molecule has 0 aliphatic carbocycles. The summed E-state index contributed by atoms with van der Waals surface area (Å²) in [5, 5.41) is 6.08. The second kappa shape index (κ2) is 6.65. The highest BCUT2D eigenvalue weighted by molar-refractivity contribution is 5.66. The van der Waals surface area contributed by atoms with Gasteiger partial charge < -0.3 is 24.8 Å². The Morgan fingerprint density at radius 2 is 1.52 bits per heavy atom. The lowest BCUT2D eigenvalue weighted by Crippen LogP contribution is -2.00. The number of benzene rings is 1. The molecule has 0 radical (unpaired) electrons. The fourth-order valence-corrected chi connectivity index (χ4v) is 1.85. The van der Waals surface area contributed by atoms with Crippen molar-refractivity contribution in [3.63, 3.8) is 0 Å². The molecule has 0 aliphatic rings. The Hall–Kier alpha value is -2.70. The van der Waals surface area contributed by atoms with E-state index in [1.807, 2.05) is 0 Å². The largest absolute Gasteiger partial charge is 0.493 e.